The van der Waals surface area contributed by atoms with Crippen molar-refractivity contribution in [2.45, 2.75) is 58.1 Å². The van der Waals surface area contributed by atoms with Gasteiger partial charge in [0, 0.05) is 12.6 Å². The van der Waals surface area contributed by atoms with E-state index in [0.717, 1.165) is 13.0 Å². The molecule has 2 aliphatic heterocycles. The van der Waals surface area contributed by atoms with Crippen LogP contribution in [0.2, 0.25) is 0 Å². The van der Waals surface area contributed by atoms with Gasteiger partial charge in [0.1, 0.15) is 0 Å². The van der Waals surface area contributed by atoms with Crippen LogP contribution in [-0.4, -0.2) is 29.8 Å². The van der Waals surface area contributed by atoms with Crippen LogP contribution in [-0.2, 0) is 4.74 Å². The molecular formula is C15H29NOS. The van der Waals surface area contributed by atoms with E-state index in [4.69, 9.17) is 10.5 Å². The highest BCUT2D eigenvalue weighted by atomic mass is 32.2. The predicted octanol–water partition coefficient (Wildman–Crippen LogP) is 3.30. The molecule has 0 saturated carbocycles. The molecule has 3 atom stereocenters. The minimum Gasteiger partial charge on any atom is -0.375 e. The maximum Gasteiger partial charge on any atom is 0.0701 e. The zero-order valence-electron chi connectivity index (χ0n) is 12.2. The van der Waals surface area contributed by atoms with Crippen molar-refractivity contribution in [2.24, 2.45) is 23.5 Å². The van der Waals surface area contributed by atoms with Crippen LogP contribution in [0, 0.1) is 17.8 Å². The summed E-state index contributed by atoms with van der Waals surface area (Å²) >= 11 is 2.07. The molecule has 3 unspecified atom stereocenters. The summed E-state index contributed by atoms with van der Waals surface area (Å²) in [5, 5.41) is 0. The zero-order chi connectivity index (χ0) is 13.2. The molecule has 18 heavy (non-hydrogen) atoms. The van der Waals surface area contributed by atoms with Gasteiger partial charge in [-0.05, 0) is 54.9 Å². The van der Waals surface area contributed by atoms with Crippen molar-refractivity contribution in [3.8, 4) is 0 Å². The summed E-state index contributed by atoms with van der Waals surface area (Å²) in [6, 6.07) is 0.348. The standard InChI is InChI=1S/C15H29NOS/c1-11(2)12(3)14(16)13-4-7-17-15(10-13)5-8-18-9-6-15/h11-14H,4-10,16H2,1-3H3. The molecule has 2 saturated heterocycles. The number of hydrogen-bond donors (Lipinski definition) is 1. The first-order valence-corrected chi connectivity index (χ1v) is 8.67. The Labute approximate surface area is 116 Å². The third-order valence-electron chi connectivity index (χ3n) is 5.14. The average Bonchev–Trinajstić information content (AvgIpc) is 2.38. The highest BCUT2D eigenvalue weighted by Crippen LogP contribution is 2.41. The van der Waals surface area contributed by atoms with Crippen LogP contribution >= 0.6 is 11.8 Å². The van der Waals surface area contributed by atoms with E-state index in [9.17, 15) is 0 Å². The molecule has 2 fully saturated rings. The number of nitrogens with two attached hydrogens (primary N) is 1. The van der Waals surface area contributed by atoms with E-state index in [2.05, 4.69) is 32.5 Å². The molecule has 1 spiro atoms. The topological polar surface area (TPSA) is 35.2 Å². The number of thioether (sulfide) groups is 1. The summed E-state index contributed by atoms with van der Waals surface area (Å²) in [7, 11) is 0. The lowest BCUT2D eigenvalue weighted by molar-refractivity contribution is -0.108. The zero-order valence-corrected chi connectivity index (χ0v) is 13.0. The molecule has 0 bridgehead atoms. The predicted molar refractivity (Wildman–Crippen MR) is 79.9 cm³/mol. The Morgan fingerprint density at radius 2 is 1.89 bits per heavy atom. The highest BCUT2D eigenvalue weighted by Gasteiger charge is 2.41. The Bertz CT molecular complexity index is 258. The largest absolute Gasteiger partial charge is 0.375 e. The van der Waals surface area contributed by atoms with Gasteiger partial charge in [-0.1, -0.05) is 20.8 Å². The third-order valence-corrected chi connectivity index (χ3v) is 6.12. The van der Waals surface area contributed by atoms with Gasteiger partial charge >= 0.3 is 0 Å². The van der Waals surface area contributed by atoms with Crippen LogP contribution in [0.3, 0.4) is 0 Å². The van der Waals surface area contributed by atoms with E-state index >= 15 is 0 Å². The average molecular weight is 271 g/mol. The van der Waals surface area contributed by atoms with Gasteiger partial charge in [0.2, 0.25) is 0 Å². The van der Waals surface area contributed by atoms with Crippen molar-refractivity contribution < 1.29 is 4.74 Å². The summed E-state index contributed by atoms with van der Waals surface area (Å²) < 4.78 is 6.16. The van der Waals surface area contributed by atoms with E-state index in [-0.39, 0.29) is 5.60 Å². The molecule has 2 nitrogen and oxygen atoms in total. The Morgan fingerprint density at radius 1 is 1.22 bits per heavy atom. The molecule has 3 heteroatoms. The van der Waals surface area contributed by atoms with E-state index < -0.39 is 0 Å². The maximum atomic E-state index is 6.52. The quantitative estimate of drug-likeness (QED) is 0.855. The lowest BCUT2D eigenvalue weighted by atomic mass is 9.74. The molecule has 2 rings (SSSR count). The Kier molecular flexibility index (Phi) is 5.01. The van der Waals surface area contributed by atoms with E-state index in [1.165, 1.54) is 30.8 Å². The van der Waals surface area contributed by atoms with Crippen LogP contribution in [0.15, 0.2) is 0 Å². The molecule has 0 aromatic rings. The molecule has 0 aromatic carbocycles. The van der Waals surface area contributed by atoms with Crippen LogP contribution in [0.25, 0.3) is 0 Å². The molecule has 0 aliphatic carbocycles. The fourth-order valence-electron chi connectivity index (χ4n) is 3.36. The fourth-order valence-corrected chi connectivity index (χ4v) is 4.60. The second kappa shape index (κ2) is 6.15. The van der Waals surface area contributed by atoms with Gasteiger partial charge in [0.25, 0.3) is 0 Å². The fraction of sp³-hybridized carbons (Fsp3) is 1.00. The van der Waals surface area contributed by atoms with Gasteiger partial charge < -0.3 is 10.5 Å². The van der Waals surface area contributed by atoms with Gasteiger partial charge in [-0.25, -0.2) is 0 Å². The number of rotatable bonds is 3. The summed E-state index contributed by atoms with van der Waals surface area (Å²) in [5.41, 5.74) is 6.71. The molecule has 2 N–H and O–H groups in total. The van der Waals surface area contributed by atoms with E-state index in [1.54, 1.807) is 0 Å². The minimum absolute atomic E-state index is 0.183. The Balaban J connectivity index is 1.97. The lowest BCUT2D eigenvalue weighted by Crippen LogP contribution is -2.49. The van der Waals surface area contributed by atoms with Crippen molar-refractivity contribution in [2.75, 3.05) is 18.1 Å². The van der Waals surface area contributed by atoms with Gasteiger partial charge in [0.05, 0.1) is 5.60 Å². The van der Waals surface area contributed by atoms with Gasteiger partial charge in [0.15, 0.2) is 0 Å². The summed E-state index contributed by atoms with van der Waals surface area (Å²) in [5.74, 6) is 4.49. The normalized spacial score (nSPS) is 31.5. The summed E-state index contributed by atoms with van der Waals surface area (Å²) in [6.45, 7) is 7.82. The summed E-state index contributed by atoms with van der Waals surface area (Å²) in [4.78, 5) is 0. The first kappa shape index (κ1) is 14.7. The van der Waals surface area contributed by atoms with Crippen LogP contribution in [0.1, 0.15) is 46.5 Å². The van der Waals surface area contributed by atoms with Crippen molar-refractivity contribution in [1.82, 2.24) is 0 Å². The maximum absolute atomic E-state index is 6.52. The molecule has 0 radical (unpaired) electrons. The van der Waals surface area contributed by atoms with Crippen LogP contribution < -0.4 is 5.73 Å². The third kappa shape index (κ3) is 3.23. The highest BCUT2D eigenvalue weighted by molar-refractivity contribution is 7.99. The monoisotopic (exact) mass is 271 g/mol. The summed E-state index contributed by atoms with van der Waals surface area (Å²) in [6.07, 6.45) is 4.83. The van der Waals surface area contributed by atoms with Crippen molar-refractivity contribution in [1.29, 1.82) is 0 Å². The van der Waals surface area contributed by atoms with Gasteiger partial charge in [-0.2, -0.15) is 11.8 Å². The van der Waals surface area contributed by atoms with Gasteiger partial charge in [-0.15, -0.1) is 0 Å². The number of hydrogen-bond acceptors (Lipinski definition) is 3. The molecule has 2 heterocycles. The lowest BCUT2D eigenvalue weighted by Gasteiger charge is -2.46. The van der Waals surface area contributed by atoms with Crippen LogP contribution in [0.5, 0.6) is 0 Å². The molecular weight excluding hydrogens is 242 g/mol. The number of ether oxygens (including phenoxy) is 1. The van der Waals surface area contributed by atoms with Crippen LogP contribution in [0.4, 0.5) is 0 Å². The van der Waals surface area contributed by atoms with E-state index in [1.807, 2.05) is 0 Å². The van der Waals surface area contributed by atoms with E-state index in [0.29, 0.717) is 23.8 Å². The second-order valence-electron chi connectivity index (χ2n) is 6.58. The molecule has 0 aromatic heterocycles. The first-order chi connectivity index (χ1) is 8.54. The molecule has 106 valence electrons. The Morgan fingerprint density at radius 3 is 2.50 bits per heavy atom. The smallest absolute Gasteiger partial charge is 0.0701 e. The van der Waals surface area contributed by atoms with Gasteiger partial charge in [-0.3, -0.25) is 0 Å². The second-order valence-corrected chi connectivity index (χ2v) is 7.80. The minimum atomic E-state index is 0.183. The molecule has 0 amide bonds. The van der Waals surface area contributed by atoms with Crippen molar-refractivity contribution in [3.63, 3.8) is 0 Å². The van der Waals surface area contributed by atoms with Crippen molar-refractivity contribution >= 4 is 11.8 Å². The SMILES string of the molecule is CC(C)C(C)C(N)C1CCOC2(CCSCC2)C1. The first-order valence-electron chi connectivity index (χ1n) is 7.51. The van der Waals surface area contributed by atoms with Crippen molar-refractivity contribution in [3.05, 3.63) is 0 Å². The molecule has 2 aliphatic rings. The Hall–Kier alpha value is 0.270.